The van der Waals surface area contributed by atoms with E-state index in [9.17, 15) is 10.2 Å². The summed E-state index contributed by atoms with van der Waals surface area (Å²) in [6.07, 6.45) is 6.62. The topological polar surface area (TPSA) is 163 Å². The SMILES string of the molecule is O=[N+]([O-])[O-].[Mn+3].[O-]c1ccc(Br)cc1C=NCc1ccccn1.[O-]c1ccc(Br)cc1C=NCc1ccccn1. The van der Waals surface area contributed by atoms with Crippen LogP contribution in [-0.4, -0.2) is 27.5 Å². The number of pyridine rings is 2. The summed E-state index contributed by atoms with van der Waals surface area (Å²) < 4.78 is 1.74. The van der Waals surface area contributed by atoms with E-state index in [1.807, 2.05) is 36.4 Å². The average molecular weight is 697 g/mol. The molecule has 0 bridgehead atoms. The Morgan fingerprint density at radius 2 is 1.10 bits per heavy atom. The maximum atomic E-state index is 11.5. The minimum absolute atomic E-state index is 0. The molecule has 4 aromatic rings. The van der Waals surface area contributed by atoms with Gasteiger partial charge in [0.15, 0.2) is 0 Å². The second kappa shape index (κ2) is 18.6. The van der Waals surface area contributed by atoms with Crippen LogP contribution >= 0.6 is 31.9 Å². The summed E-state index contributed by atoms with van der Waals surface area (Å²) in [4.78, 5) is 25.0. The summed E-state index contributed by atoms with van der Waals surface area (Å²) in [5, 5.41) is 37.7. The predicted molar refractivity (Wildman–Crippen MR) is 149 cm³/mol. The average Bonchev–Trinajstić information content (AvgIpc) is 2.89. The van der Waals surface area contributed by atoms with E-state index < -0.39 is 5.09 Å². The molecule has 0 aliphatic carbocycles. The molecule has 39 heavy (non-hydrogen) atoms. The van der Waals surface area contributed by atoms with Crippen LogP contribution in [0.1, 0.15) is 22.5 Å². The molecule has 10 nitrogen and oxygen atoms in total. The minimum atomic E-state index is -1.75. The van der Waals surface area contributed by atoms with Gasteiger partial charge in [-0.3, -0.25) is 20.0 Å². The van der Waals surface area contributed by atoms with Crippen LogP contribution in [0.3, 0.4) is 0 Å². The molecule has 0 atom stereocenters. The molecule has 0 unspecified atom stereocenters. The fourth-order valence-electron chi connectivity index (χ4n) is 2.70. The van der Waals surface area contributed by atoms with E-state index in [0.717, 1.165) is 20.3 Å². The van der Waals surface area contributed by atoms with Crippen LogP contribution in [0, 0.1) is 15.3 Å². The predicted octanol–water partition coefficient (Wildman–Crippen LogP) is 4.83. The monoisotopic (exact) mass is 695 g/mol. The van der Waals surface area contributed by atoms with E-state index in [1.165, 1.54) is 12.1 Å². The second-order valence-electron chi connectivity index (χ2n) is 7.17. The second-order valence-corrected chi connectivity index (χ2v) is 9.00. The summed E-state index contributed by atoms with van der Waals surface area (Å²) >= 11 is 6.64. The number of halogens is 2. The zero-order valence-electron chi connectivity index (χ0n) is 20.1. The third-order valence-electron chi connectivity index (χ3n) is 4.36. The normalized spacial score (nSPS) is 10.1. The van der Waals surface area contributed by atoms with Crippen molar-refractivity contribution < 1.29 is 32.4 Å². The van der Waals surface area contributed by atoms with Crippen molar-refractivity contribution >= 4 is 44.3 Å². The number of aliphatic imine (C=N–C) groups is 2. The summed E-state index contributed by atoms with van der Waals surface area (Å²) in [5.41, 5.74) is 2.92. The first kappa shape index (κ1) is 33.4. The van der Waals surface area contributed by atoms with Crippen molar-refractivity contribution in [3.8, 4) is 11.5 Å². The van der Waals surface area contributed by atoms with Gasteiger partial charge in [0.1, 0.15) is 0 Å². The van der Waals surface area contributed by atoms with Gasteiger partial charge in [0, 0.05) is 33.8 Å². The van der Waals surface area contributed by atoms with Gasteiger partial charge in [-0.15, -0.1) is 0 Å². The van der Waals surface area contributed by atoms with E-state index in [0.29, 0.717) is 24.2 Å². The van der Waals surface area contributed by atoms with Gasteiger partial charge in [-0.2, -0.15) is 0 Å². The van der Waals surface area contributed by atoms with E-state index in [-0.39, 0.29) is 28.6 Å². The fraction of sp³-hybridized carbons (Fsp3) is 0.0769. The van der Waals surface area contributed by atoms with Crippen molar-refractivity contribution in [2.24, 2.45) is 9.98 Å². The molecule has 2 heterocycles. The molecule has 4 rings (SSSR count). The molecule has 0 radical (unpaired) electrons. The Balaban J connectivity index is 0.000000336. The fourth-order valence-corrected chi connectivity index (χ4v) is 3.46. The molecule has 2 aromatic carbocycles. The summed E-state index contributed by atoms with van der Waals surface area (Å²) in [7, 11) is 0. The Morgan fingerprint density at radius 3 is 1.44 bits per heavy atom. The van der Waals surface area contributed by atoms with Crippen molar-refractivity contribution in [1.82, 2.24) is 9.97 Å². The number of hydrogen-bond acceptors (Lipinski definition) is 9. The standard InChI is InChI=1S/2C13H11BrN2O.Mn.NO3/c2*14-11-4-5-13(17)10(7-11)8-15-9-12-3-1-2-6-16-12;;2-1(3)4/h2*1-8,17H,9H2;;/q;;+3;-1/p-2. The van der Waals surface area contributed by atoms with Gasteiger partial charge >= 0.3 is 17.1 Å². The molecule has 0 N–H and O–H groups in total. The molecule has 0 spiro atoms. The molecule has 0 aliphatic rings. The van der Waals surface area contributed by atoms with Crippen molar-refractivity contribution in [3.63, 3.8) is 0 Å². The maximum absolute atomic E-state index is 11.5. The Labute approximate surface area is 252 Å². The van der Waals surface area contributed by atoms with Crippen molar-refractivity contribution in [2.45, 2.75) is 13.1 Å². The molecule has 200 valence electrons. The molecule has 0 saturated heterocycles. The van der Waals surface area contributed by atoms with Crippen LogP contribution in [0.25, 0.3) is 0 Å². The van der Waals surface area contributed by atoms with E-state index in [4.69, 9.17) is 15.3 Å². The number of hydrogen-bond donors (Lipinski definition) is 0. The number of rotatable bonds is 6. The molecule has 13 heteroatoms. The van der Waals surface area contributed by atoms with Gasteiger partial charge in [0.25, 0.3) is 0 Å². The quantitative estimate of drug-likeness (QED) is 0.121. The van der Waals surface area contributed by atoms with Crippen LogP contribution in [0.4, 0.5) is 0 Å². The number of benzene rings is 2. The zero-order valence-corrected chi connectivity index (χ0v) is 24.4. The van der Waals surface area contributed by atoms with Gasteiger partial charge in [0.05, 0.1) is 29.6 Å². The zero-order chi connectivity index (χ0) is 27.8. The molecule has 2 aromatic heterocycles. The van der Waals surface area contributed by atoms with Crippen LogP contribution < -0.4 is 10.2 Å². The summed E-state index contributed by atoms with van der Waals surface area (Å²) in [6.45, 7) is 0.958. The van der Waals surface area contributed by atoms with Gasteiger partial charge in [-0.25, -0.2) is 0 Å². The molecule has 0 aliphatic heterocycles. The number of nitrogens with zero attached hydrogens (tertiary/aromatic N) is 5. The molecular weight excluding hydrogens is 677 g/mol. The minimum Gasteiger partial charge on any atom is -0.872 e. The molecular formula is C26H20Br2MnN5O5. The third kappa shape index (κ3) is 14.2. The van der Waals surface area contributed by atoms with E-state index >= 15 is 0 Å². The Kier molecular flexibility index (Phi) is 15.9. The molecule has 0 saturated carbocycles. The summed E-state index contributed by atoms with van der Waals surface area (Å²) in [5.74, 6) is -0.0593. The van der Waals surface area contributed by atoms with Crippen LogP contribution in [0.15, 0.2) is 104 Å². The van der Waals surface area contributed by atoms with Crippen LogP contribution in [0.2, 0.25) is 0 Å². The first-order valence-electron chi connectivity index (χ1n) is 10.8. The van der Waals surface area contributed by atoms with Crippen LogP contribution in [-0.2, 0) is 30.2 Å². The first-order chi connectivity index (χ1) is 18.2. The van der Waals surface area contributed by atoms with Gasteiger partial charge < -0.3 is 25.5 Å². The molecule has 0 amide bonds. The first-order valence-corrected chi connectivity index (χ1v) is 12.4. The van der Waals surface area contributed by atoms with E-state index in [2.05, 4.69) is 51.8 Å². The van der Waals surface area contributed by atoms with Gasteiger partial charge in [-0.05, 0) is 59.7 Å². The number of aromatic nitrogens is 2. The van der Waals surface area contributed by atoms with Gasteiger partial charge in [0.2, 0.25) is 0 Å². The Hall–Kier alpha value is -3.64. The van der Waals surface area contributed by atoms with E-state index in [1.54, 1.807) is 49.1 Å². The smallest absolute Gasteiger partial charge is 0.872 e. The van der Waals surface area contributed by atoms with Crippen molar-refractivity contribution in [2.75, 3.05) is 0 Å². The van der Waals surface area contributed by atoms with Crippen LogP contribution in [0.5, 0.6) is 11.5 Å². The largest absolute Gasteiger partial charge is 3.00 e. The van der Waals surface area contributed by atoms with Crippen molar-refractivity contribution in [1.29, 1.82) is 0 Å². The Morgan fingerprint density at radius 1 is 0.718 bits per heavy atom. The third-order valence-corrected chi connectivity index (χ3v) is 5.35. The molecule has 0 fully saturated rings. The maximum Gasteiger partial charge on any atom is 3.00 e. The van der Waals surface area contributed by atoms with Crippen molar-refractivity contribution in [3.05, 3.63) is 132 Å². The summed E-state index contributed by atoms with van der Waals surface area (Å²) in [6, 6.07) is 21.3. The Bertz CT molecular complexity index is 1260. The van der Waals surface area contributed by atoms with Gasteiger partial charge in [-0.1, -0.05) is 67.6 Å².